The lowest BCUT2D eigenvalue weighted by molar-refractivity contribution is 0.0527. The lowest BCUT2D eigenvalue weighted by Crippen LogP contribution is -2.24. The second kappa shape index (κ2) is 7.14. The van der Waals surface area contributed by atoms with Crippen LogP contribution in [0.15, 0.2) is 18.2 Å². The van der Waals surface area contributed by atoms with Crippen LogP contribution in [0, 0.1) is 5.92 Å². The first-order valence-electron chi connectivity index (χ1n) is 7.09. The van der Waals surface area contributed by atoms with Gasteiger partial charge in [0.25, 0.3) is 0 Å². The molecule has 110 valence electrons. The molecule has 0 aromatic heterocycles. The van der Waals surface area contributed by atoms with E-state index in [0.717, 1.165) is 31.9 Å². The second-order valence-electron chi connectivity index (χ2n) is 4.99. The first kappa shape index (κ1) is 14.7. The molecule has 1 saturated heterocycles. The third-order valence-electron chi connectivity index (χ3n) is 3.40. The van der Waals surface area contributed by atoms with E-state index in [1.165, 1.54) is 6.42 Å². The van der Waals surface area contributed by atoms with E-state index in [0.29, 0.717) is 23.8 Å². The Morgan fingerprint density at radius 2 is 2.40 bits per heavy atom. The first-order chi connectivity index (χ1) is 9.70. The van der Waals surface area contributed by atoms with Crippen molar-refractivity contribution in [1.29, 1.82) is 0 Å². The van der Waals surface area contributed by atoms with Gasteiger partial charge in [0.15, 0.2) is 0 Å². The normalized spacial score (nSPS) is 18.6. The van der Waals surface area contributed by atoms with Crippen LogP contribution in [0.25, 0.3) is 0 Å². The zero-order chi connectivity index (χ0) is 14.4. The Kier molecular flexibility index (Phi) is 5.24. The predicted molar refractivity (Wildman–Crippen MR) is 78.8 cm³/mol. The van der Waals surface area contributed by atoms with Crippen molar-refractivity contribution in [3.05, 3.63) is 23.8 Å². The van der Waals surface area contributed by atoms with E-state index in [4.69, 9.17) is 15.2 Å². The Labute approximate surface area is 119 Å². The van der Waals surface area contributed by atoms with Gasteiger partial charge in [-0.1, -0.05) is 0 Å². The van der Waals surface area contributed by atoms with Gasteiger partial charge in [0, 0.05) is 24.5 Å². The van der Waals surface area contributed by atoms with E-state index < -0.39 is 0 Å². The van der Waals surface area contributed by atoms with Gasteiger partial charge in [-0.3, -0.25) is 0 Å². The predicted octanol–water partition coefficient (Wildman–Crippen LogP) is 2.28. The van der Waals surface area contributed by atoms with Crippen LogP contribution in [-0.2, 0) is 9.47 Å². The number of carbonyl (C=O) groups excluding carboxylic acids is 1. The highest BCUT2D eigenvalue weighted by atomic mass is 16.5. The Balaban J connectivity index is 1.97. The average Bonchev–Trinajstić information content (AvgIpc) is 2.47. The van der Waals surface area contributed by atoms with Crippen LogP contribution in [0.2, 0.25) is 0 Å². The van der Waals surface area contributed by atoms with Crippen LogP contribution in [0.4, 0.5) is 11.4 Å². The fourth-order valence-corrected chi connectivity index (χ4v) is 2.28. The smallest absolute Gasteiger partial charge is 0.340 e. The number of hydrogen-bond donors (Lipinski definition) is 2. The molecule has 1 aromatic rings. The fourth-order valence-electron chi connectivity index (χ4n) is 2.28. The number of nitrogens with one attached hydrogen (secondary N) is 1. The quantitative estimate of drug-likeness (QED) is 0.638. The molecule has 2 rings (SSSR count). The molecule has 1 aliphatic rings. The van der Waals surface area contributed by atoms with E-state index >= 15 is 0 Å². The molecule has 3 N–H and O–H groups in total. The number of nitrogen functional groups attached to an aromatic ring is 1. The van der Waals surface area contributed by atoms with Gasteiger partial charge in [0.05, 0.1) is 18.8 Å². The maximum absolute atomic E-state index is 11.8. The molecule has 1 atom stereocenters. The molecule has 0 saturated carbocycles. The number of ether oxygens (including phenoxy) is 2. The minimum absolute atomic E-state index is 0.343. The molecular formula is C15H22N2O3. The lowest BCUT2D eigenvalue weighted by atomic mass is 10.0. The highest BCUT2D eigenvalue weighted by molar-refractivity contribution is 5.96. The van der Waals surface area contributed by atoms with E-state index in [1.807, 2.05) is 6.07 Å². The summed E-state index contributed by atoms with van der Waals surface area (Å²) in [4.78, 5) is 11.8. The SMILES string of the molecule is CCOC(=O)c1cc(NCC2CCCOC2)ccc1N. The number of esters is 1. The van der Waals surface area contributed by atoms with Gasteiger partial charge >= 0.3 is 5.97 Å². The van der Waals surface area contributed by atoms with Crippen LogP contribution in [0.3, 0.4) is 0 Å². The molecule has 1 fully saturated rings. The topological polar surface area (TPSA) is 73.6 Å². The van der Waals surface area contributed by atoms with Gasteiger partial charge in [0.1, 0.15) is 0 Å². The van der Waals surface area contributed by atoms with Crippen LogP contribution in [0.1, 0.15) is 30.1 Å². The summed E-state index contributed by atoms with van der Waals surface area (Å²) in [5.41, 5.74) is 7.55. The Morgan fingerprint density at radius 1 is 1.55 bits per heavy atom. The maximum Gasteiger partial charge on any atom is 0.340 e. The standard InChI is InChI=1S/C15H22N2O3/c1-2-20-15(18)13-8-12(5-6-14(13)16)17-9-11-4-3-7-19-10-11/h5-6,8,11,17H,2-4,7,9-10,16H2,1H3. The lowest BCUT2D eigenvalue weighted by Gasteiger charge is -2.22. The summed E-state index contributed by atoms with van der Waals surface area (Å²) in [6, 6.07) is 5.35. The summed E-state index contributed by atoms with van der Waals surface area (Å²) < 4.78 is 10.4. The number of benzene rings is 1. The van der Waals surface area contributed by atoms with E-state index in [-0.39, 0.29) is 5.97 Å². The molecule has 1 unspecified atom stereocenters. The molecule has 5 nitrogen and oxygen atoms in total. The van der Waals surface area contributed by atoms with Crippen molar-refractivity contribution in [2.45, 2.75) is 19.8 Å². The van der Waals surface area contributed by atoms with Crippen molar-refractivity contribution in [3.8, 4) is 0 Å². The molecule has 0 aliphatic carbocycles. The Morgan fingerprint density at radius 3 is 3.10 bits per heavy atom. The summed E-state index contributed by atoms with van der Waals surface area (Å²) in [7, 11) is 0. The first-order valence-corrected chi connectivity index (χ1v) is 7.09. The van der Waals surface area contributed by atoms with Crippen LogP contribution >= 0.6 is 0 Å². The van der Waals surface area contributed by atoms with Crippen molar-refractivity contribution < 1.29 is 14.3 Å². The number of nitrogens with two attached hydrogens (primary N) is 1. The third kappa shape index (κ3) is 3.87. The van der Waals surface area contributed by atoms with Crippen molar-refractivity contribution in [2.24, 2.45) is 5.92 Å². The van der Waals surface area contributed by atoms with Crippen molar-refractivity contribution in [3.63, 3.8) is 0 Å². The molecule has 0 spiro atoms. The summed E-state index contributed by atoms with van der Waals surface area (Å²) in [5.74, 6) is 0.141. The summed E-state index contributed by atoms with van der Waals surface area (Å²) in [6.07, 6.45) is 2.29. The molecule has 20 heavy (non-hydrogen) atoms. The fraction of sp³-hybridized carbons (Fsp3) is 0.533. The van der Waals surface area contributed by atoms with Crippen LogP contribution in [0.5, 0.6) is 0 Å². The Hall–Kier alpha value is -1.75. The Bertz CT molecular complexity index is 456. The largest absolute Gasteiger partial charge is 0.462 e. The van der Waals surface area contributed by atoms with Crippen molar-refractivity contribution in [1.82, 2.24) is 0 Å². The summed E-state index contributed by atoms with van der Waals surface area (Å²) in [5, 5.41) is 3.34. The van der Waals surface area contributed by atoms with Crippen LogP contribution in [-0.4, -0.2) is 32.3 Å². The van der Waals surface area contributed by atoms with Gasteiger partial charge in [-0.25, -0.2) is 4.79 Å². The molecule has 1 heterocycles. The van der Waals surface area contributed by atoms with E-state index in [1.54, 1.807) is 19.1 Å². The summed E-state index contributed by atoms with van der Waals surface area (Å²) in [6.45, 7) is 4.62. The summed E-state index contributed by atoms with van der Waals surface area (Å²) >= 11 is 0. The molecule has 0 amide bonds. The molecule has 1 aliphatic heterocycles. The third-order valence-corrected chi connectivity index (χ3v) is 3.40. The zero-order valence-corrected chi connectivity index (χ0v) is 11.9. The number of anilines is 2. The molecule has 5 heteroatoms. The molecule has 1 aromatic carbocycles. The maximum atomic E-state index is 11.8. The average molecular weight is 278 g/mol. The highest BCUT2D eigenvalue weighted by Gasteiger charge is 2.15. The highest BCUT2D eigenvalue weighted by Crippen LogP contribution is 2.20. The van der Waals surface area contributed by atoms with Gasteiger partial charge in [-0.2, -0.15) is 0 Å². The number of rotatable bonds is 5. The second-order valence-corrected chi connectivity index (χ2v) is 4.99. The van der Waals surface area contributed by atoms with Crippen molar-refractivity contribution >= 4 is 17.3 Å². The number of hydrogen-bond acceptors (Lipinski definition) is 5. The molecule has 0 bridgehead atoms. The van der Waals surface area contributed by atoms with Gasteiger partial charge in [-0.05, 0) is 43.9 Å². The number of carbonyl (C=O) groups is 1. The van der Waals surface area contributed by atoms with E-state index in [9.17, 15) is 4.79 Å². The van der Waals surface area contributed by atoms with Crippen molar-refractivity contribution in [2.75, 3.05) is 37.4 Å². The van der Waals surface area contributed by atoms with Crippen LogP contribution < -0.4 is 11.1 Å². The zero-order valence-electron chi connectivity index (χ0n) is 11.9. The monoisotopic (exact) mass is 278 g/mol. The molecule has 0 radical (unpaired) electrons. The minimum Gasteiger partial charge on any atom is -0.462 e. The van der Waals surface area contributed by atoms with E-state index in [2.05, 4.69) is 5.32 Å². The van der Waals surface area contributed by atoms with Gasteiger partial charge in [-0.15, -0.1) is 0 Å². The molecular weight excluding hydrogens is 256 g/mol. The van der Waals surface area contributed by atoms with Gasteiger partial charge in [0.2, 0.25) is 0 Å². The minimum atomic E-state index is -0.380. The van der Waals surface area contributed by atoms with Gasteiger partial charge < -0.3 is 20.5 Å².